The molecule has 1 unspecified atom stereocenters. The van der Waals surface area contributed by atoms with E-state index in [0.717, 1.165) is 36.3 Å². The Hall–Kier alpha value is -2.65. The SMILES string of the molecule is Cc1c(C#N)c(NC(=O)CN2CCCC(C)C2)n(Cc2ccc(F)cc2)c1C. The molecule has 28 heavy (non-hydrogen) atoms. The molecule has 5 nitrogen and oxygen atoms in total. The van der Waals surface area contributed by atoms with Crippen molar-refractivity contribution in [3.63, 3.8) is 0 Å². The fourth-order valence-electron chi connectivity index (χ4n) is 3.91. The van der Waals surface area contributed by atoms with Crippen molar-refractivity contribution in [2.45, 2.75) is 40.2 Å². The lowest BCUT2D eigenvalue weighted by molar-refractivity contribution is -0.117. The van der Waals surface area contributed by atoms with Crippen LogP contribution in [0.25, 0.3) is 0 Å². The Morgan fingerprint density at radius 2 is 2.04 bits per heavy atom. The molecule has 1 aromatic carbocycles. The second-order valence-corrected chi connectivity index (χ2v) is 7.79. The van der Waals surface area contributed by atoms with Crippen LogP contribution >= 0.6 is 0 Å². The maximum absolute atomic E-state index is 13.2. The molecule has 1 atom stereocenters. The monoisotopic (exact) mass is 382 g/mol. The third-order valence-corrected chi connectivity index (χ3v) is 5.56. The Balaban J connectivity index is 1.82. The largest absolute Gasteiger partial charge is 0.326 e. The lowest BCUT2D eigenvalue weighted by atomic mass is 10.0. The predicted octanol–water partition coefficient (Wildman–Crippen LogP) is 3.83. The summed E-state index contributed by atoms with van der Waals surface area (Å²) < 4.78 is 15.1. The van der Waals surface area contributed by atoms with E-state index in [0.29, 0.717) is 30.4 Å². The number of aromatic nitrogens is 1. The van der Waals surface area contributed by atoms with Gasteiger partial charge in [-0.1, -0.05) is 19.1 Å². The maximum atomic E-state index is 13.2. The van der Waals surface area contributed by atoms with Crippen molar-refractivity contribution in [1.82, 2.24) is 9.47 Å². The normalized spacial score (nSPS) is 17.3. The first kappa shape index (κ1) is 20.1. The average molecular weight is 382 g/mol. The van der Waals surface area contributed by atoms with E-state index >= 15 is 0 Å². The third-order valence-electron chi connectivity index (χ3n) is 5.56. The van der Waals surface area contributed by atoms with E-state index in [2.05, 4.69) is 23.2 Å². The highest BCUT2D eigenvalue weighted by molar-refractivity contribution is 5.93. The van der Waals surface area contributed by atoms with Gasteiger partial charge in [0.05, 0.1) is 12.1 Å². The van der Waals surface area contributed by atoms with Crippen molar-refractivity contribution in [1.29, 1.82) is 5.26 Å². The van der Waals surface area contributed by atoms with E-state index in [1.54, 1.807) is 12.1 Å². The Kier molecular flexibility index (Phi) is 6.15. The van der Waals surface area contributed by atoms with Gasteiger partial charge >= 0.3 is 0 Å². The molecule has 1 fully saturated rings. The molecule has 1 N–H and O–H groups in total. The van der Waals surface area contributed by atoms with Crippen LogP contribution in [0.1, 0.15) is 42.1 Å². The second kappa shape index (κ2) is 8.57. The summed E-state index contributed by atoms with van der Waals surface area (Å²) in [4.78, 5) is 14.9. The van der Waals surface area contributed by atoms with Crippen LogP contribution in [0.2, 0.25) is 0 Å². The molecular formula is C22H27FN4O. The first-order valence-corrected chi connectivity index (χ1v) is 9.75. The van der Waals surface area contributed by atoms with Crippen LogP contribution in [0.3, 0.4) is 0 Å². The van der Waals surface area contributed by atoms with Gasteiger partial charge in [0.1, 0.15) is 17.7 Å². The Bertz CT molecular complexity index is 895. The lowest BCUT2D eigenvalue weighted by Crippen LogP contribution is -2.40. The molecular weight excluding hydrogens is 355 g/mol. The number of piperidine rings is 1. The molecule has 3 rings (SSSR count). The smallest absolute Gasteiger partial charge is 0.239 e. The number of nitrogens with one attached hydrogen (secondary N) is 1. The minimum atomic E-state index is -0.286. The number of halogens is 1. The Labute approximate surface area is 165 Å². The van der Waals surface area contributed by atoms with E-state index < -0.39 is 0 Å². The van der Waals surface area contributed by atoms with Crippen LogP contribution < -0.4 is 5.32 Å². The molecule has 2 aromatic rings. The third kappa shape index (κ3) is 4.42. The van der Waals surface area contributed by atoms with Crippen molar-refractivity contribution in [2.75, 3.05) is 25.0 Å². The minimum absolute atomic E-state index is 0.108. The van der Waals surface area contributed by atoms with Crippen molar-refractivity contribution in [2.24, 2.45) is 5.92 Å². The van der Waals surface area contributed by atoms with Gasteiger partial charge in [0.2, 0.25) is 5.91 Å². The number of hydrogen-bond acceptors (Lipinski definition) is 3. The molecule has 1 aromatic heterocycles. The first-order chi connectivity index (χ1) is 13.4. The molecule has 0 radical (unpaired) electrons. The summed E-state index contributed by atoms with van der Waals surface area (Å²) in [7, 11) is 0. The number of carbonyl (C=O) groups excluding carboxylic acids is 1. The van der Waals surface area contributed by atoms with Gasteiger partial charge in [-0.3, -0.25) is 9.69 Å². The summed E-state index contributed by atoms with van der Waals surface area (Å²) in [5, 5.41) is 12.6. The van der Waals surface area contributed by atoms with Crippen LogP contribution in [-0.4, -0.2) is 35.0 Å². The summed E-state index contributed by atoms with van der Waals surface area (Å²) in [5.41, 5.74) is 3.17. The van der Waals surface area contributed by atoms with Crippen molar-refractivity contribution < 1.29 is 9.18 Å². The lowest BCUT2D eigenvalue weighted by Gasteiger charge is -2.30. The molecule has 6 heteroatoms. The summed E-state index contributed by atoms with van der Waals surface area (Å²) in [5.74, 6) is 0.731. The van der Waals surface area contributed by atoms with Crippen molar-refractivity contribution >= 4 is 11.7 Å². The Morgan fingerprint density at radius 3 is 2.68 bits per heavy atom. The minimum Gasteiger partial charge on any atom is -0.326 e. The summed E-state index contributed by atoms with van der Waals surface area (Å²) in [6, 6.07) is 8.50. The molecule has 0 aliphatic carbocycles. The second-order valence-electron chi connectivity index (χ2n) is 7.79. The van der Waals surface area contributed by atoms with E-state index in [-0.39, 0.29) is 11.7 Å². The molecule has 1 aliphatic rings. The van der Waals surface area contributed by atoms with E-state index in [1.807, 2.05) is 18.4 Å². The fourth-order valence-corrected chi connectivity index (χ4v) is 3.91. The van der Waals surface area contributed by atoms with Crippen molar-refractivity contribution in [3.8, 4) is 6.07 Å². The molecule has 148 valence electrons. The summed E-state index contributed by atoms with van der Waals surface area (Å²) >= 11 is 0. The van der Waals surface area contributed by atoms with E-state index in [4.69, 9.17) is 0 Å². The number of nitrogens with zero attached hydrogens (tertiary/aromatic N) is 3. The zero-order valence-corrected chi connectivity index (χ0v) is 16.8. The standard InChI is InChI=1S/C22H27FN4O/c1-15-5-4-10-26(12-15)14-21(28)25-22-20(11-24)16(2)17(3)27(22)13-18-6-8-19(23)9-7-18/h6-9,15H,4-5,10,12-14H2,1-3H3,(H,25,28). The van der Waals surface area contributed by atoms with Gasteiger partial charge in [0.15, 0.2) is 0 Å². The topological polar surface area (TPSA) is 61.1 Å². The number of amides is 1. The molecule has 0 spiro atoms. The number of likely N-dealkylation sites (tertiary alicyclic amines) is 1. The highest BCUT2D eigenvalue weighted by Gasteiger charge is 2.22. The van der Waals surface area contributed by atoms with E-state index in [1.165, 1.54) is 18.6 Å². The zero-order chi connectivity index (χ0) is 20.3. The quantitative estimate of drug-likeness (QED) is 0.855. The number of hydrogen-bond donors (Lipinski definition) is 1. The molecule has 2 heterocycles. The predicted molar refractivity (Wildman–Crippen MR) is 108 cm³/mol. The van der Waals surface area contributed by atoms with Gasteiger partial charge < -0.3 is 9.88 Å². The van der Waals surface area contributed by atoms with Crippen LogP contribution in [0, 0.1) is 36.9 Å². The van der Waals surface area contributed by atoms with Gasteiger partial charge in [-0.15, -0.1) is 0 Å². The maximum Gasteiger partial charge on any atom is 0.239 e. The zero-order valence-electron chi connectivity index (χ0n) is 16.8. The van der Waals surface area contributed by atoms with E-state index in [9.17, 15) is 14.4 Å². The summed E-state index contributed by atoms with van der Waals surface area (Å²) in [6.07, 6.45) is 2.31. The summed E-state index contributed by atoms with van der Waals surface area (Å²) in [6.45, 7) is 8.67. The van der Waals surface area contributed by atoms with Gasteiger partial charge in [0, 0.05) is 18.8 Å². The highest BCUT2D eigenvalue weighted by Crippen LogP contribution is 2.27. The van der Waals surface area contributed by atoms with Crippen LogP contribution in [0.4, 0.5) is 10.2 Å². The molecule has 1 amide bonds. The number of nitriles is 1. The van der Waals surface area contributed by atoms with Crippen LogP contribution in [0.5, 0.6) is 0 Å². The Morgan fingerprint density at radius 1 is 1.32 bits per heavy atom. The number of carbonyl (C=O) groups is 1. The number of benzene rings is 1. The van der Waals surface area contributed by atoms with Crippen molar-refractivity contribution in [3.05, 3.63) is 52.5 Å². The van der Waals surface area contributed by atoms with Gasteiger partial charge in [-0.05, 0) is 62.4 Å². The van der Waals surface area contributed by atoms with Gasteiger partial charge in [-0.2, -0.15) is 5.26 Å². The molecule has 0 saturated carbocycles. The molecule has 0 bridgehead atoms. The number of rotatable bonds is 5. The molecule has 1 saturated heterocycles. The average Bonchev–Trinajstić information content (AvgIpc) is 2.87. The van der Waals surface area contributed by atoms with Gasteiger partial charge in [-0.25, -0.2) is 4.39 Å². The van der Waals surface area contributed by atoms with Gasteiger partial charge in [0.25, 0.3) is 0 Å². The fraction of sp³-hybridized carbons (Fsp3) is 0.455. The first-order valence-electron chi connectivity index (χ1n) is 9.75. The number of anilines is 1. The molecule has 1 aliphatic heterocycles. The highest BCUT2D eigenvalue weighted by atomic mass is 19.1. The van der Waals surface area contributed by atoms with Crippen LogP contribution in [-0.2, 0) is 11.3 Å². The van der Waals surface area contributed by atoms with Crippen LogP contribution in [0.15, 0.2) is 24.3 Å².